The molecule has 0 unspecified atom stereocenters. The van der Waals surface area contributed by atoms with E-state index < -0.39 is 61.2 Å². The van der Waals surface area contributed by atoms with Gasteiger partial charge in [0.1, 0.15) is 12.7 Å². The van der Waals surface area contributed by atoms with Crippen LogP contribution in [-0.2, 0) is 28.5 Å². The van der Waals surface area contributed by atoms with Gasteiger partial charge < -0.3 is 28.8 Å². The van der Waals surface area contributed by atoms with E-state index in [4.69, 9.17) is 23.7 Å². The molecule has 1 aliphatic rings. The highest BCUT2D eigenvalue weighted by atomic mass is 16.7. The standard InChI is InChI=1S/C29H26O10/c1-18(30)36-25-24(39-28(33)21-15-9-4-10-16-21)23(38-27(32)20-13-7-3-8-14-20)22(37-29(25)34)17-35-26(31)19-11-5-2-6-12-19/h2-16,22-25,29,34H,17H2,1H3/t22-,23-,24+,25-,29-/m1/s1. The third kappa shape index (κ3) is 7.07. The summed E-state index contributed by atoms with van der Waals surface area (Å²) >= 11 is 0. The minimum absolute atomic E-state index is 0.167. The van der Waals surface area contributed by atoms with Crippen molar-refractivity contribution in [3.8, 4) is 0 Å². The maximum atomic E-state index is 13.0. The van der Waals surface area contributed by atoms with Crippen LogP contribution >= 0.6 is 0 Å². The van der Waals surface area contributed by atoms with E-state index in [2.05, 4.69) is 0 Å². The summed E-state index contributed by atoms with van der Waals surface area (Å²) in [6.07, 6.45) is -7.60. The van der Waals surface area contributed by atoms with Gasteiger partial charge >= 0.3 is 23.9 Å². The molecule has 10 nitrogen and oxygen atoms in total. The molecule has 0 bridgehead atoms. The first-order chi connectivity index (χ1) is 18.8. The van der Waals surface area contributed by atoms with E-state index in [1.807, 2.05) is 0 Å². The van der Waals surface area contributed by atoms with E-state index in [0.29, 0.717) is 0 Å². The lowest BCUT2D eigenvalue weighted by molar-refractivity contribution is -0.288. The zero-order valence-corrected chi connectivity index (χ0v) is 20.9. The summed E-state index contributed by atoms with van der Waals surface area (Å²) < 4.78 is 27.5. The molecule has 1 fully saturated rings. The fourth-order valence-corrected chi connectivity index (χ4v) is 3.97. The number of ether oxygens (including phenoxy) is 5. The predicted octanol–water partition coefficient (Wildman–Crippen LogP) is 2.94. The molecule has 1 saturated heterocycles. The monoisotopic (exact) mass is 534 g/mol. The summed E-state index contributed by atoms with van der Waals surface area (Å²) in [5.74, 6) is -3.12. The van der Waals surface area contributed by atoms with Crippen LogP contribution in [0.25, 0.3) is 0 Å². The van der Waals surface area contributed by atoms with Gasteiger partial charge in [-0.1, -0.05) is 54.6 Å². The van der Waals surface area contributed by atoms with Gasteiger partial charge in [-0.2, -0.15) is 0 Å². The molecular formula is C29H26O10. The molecule has 1 heterocycles. The largest absolute Gasteiger partial charge is 0.459 e. The fourth-order valence-electron chi connectivity index (χ4n) is 3.97. The van der Waals surface area contributed by atoms with Crippen molar-refractivity contribution in [1.29, 1.82) is 0 Å². The maximum Gasteiger partial charge on any atom is 0.338 e. The van der Waals surface area contributed by atoms with Crippen LogP contribution in [0.3, 0.4) is 0 Å². The Balaban J connectivity index is 1.64. The van der Waals surface area contributed by atoms with Crippen molar-refractivity contribution in [1.82, 2.24) is 0 Å². The van der Waals surface area contributed by atoms with Gasteiger partial charge in [0.15, 0.2) is 24.6 Å². The summed E-state index contributed by atoms with van der Waals surface area (Å²) in [6.45, 7) is 0.616. The highest BCUT2D eigenvalue weighted by molar-refractivity contribution is 5.91. The molecule has 0 radical (unpaired) electrons. The summed E-state index contributed by atoms with van der Waals surface area (Å²) in [4.78, 5) is 50.5. The first kappa shape index (κ1) is 27.5. The van der Waals surface area contributed by atoms with Gasteiger partial charge in [-0.25, -0.2) is 14.4 Å². The second-order valence-corrected chi connectivity index (χ2v) is 8.58. The van der Waals surface area contributed by atoms with Crippen molar-refractivity contribution in [2.45, 2.75) is 37.6 Å². The third-order valence-electron chi connectivity index (χ3n) is 5.80. The summed E-state index contributed by atoms with van der Waals surface area (Å²) in [7, 11) is 0. The molecule has 0 aliphatic carbocycles. The van der Waals surface area contributed by atoms with Crippen molar-refractivity contribution < 1.29 is 48.0 Å². The number of benzene rings is 3. The highest BCUT2D eigenvalue weighted by Gasteiger charge is 2.52. The number of hydrogen-bond acceptors (Lipinski definition) is 10. The Morgan fingerprint density at radius 2 is 1.08 bits per heavy atom. The van der Waals surface area contributed by atoms with E-state index in [9.17, 15) is 24.3 Å². The van der Waals surface area contributed by atoms with E-state index in [-0.39, 0.29) is 16.7 Å². The molecule has 3 aromatic carbocycles. The summed E-state index contributed by atoms with van der Waals surface area (Å²) in [5.41, 5.74) is 0.609. The minimum Gasteiger partial charge on any atom is -0.459 e. The average Bonchev–Trinajstić information content (AvgIpc) is 2.96. The minimum atomic E-state index is -1.80. The van der Waals surface area contributed by atoms with Crippen LogP contribution in [0.2, 0.25) is 0 Å². The van der Waals surface area contributed by atoms with Gasteiger partial charge in [-0.3, -0.25) is 4.79 Å². The zero-order chi connectivity index (χ0) is 27.8. The van der Waals surface area contributed by atoms with Crippen LogP contribution in [0, 0.1) is 0 Å². The van der Waals surface area contributed by atoms with Crippen molar-refractivity contribution in [2.24, 2.45) is 0 Å². The Morgan fingerprint density at radius 3 is 1.54 bits per heavy atom. The topological polar surface area (TPSA) is 135 Å². The number of carbonyl (C=O) groups excluding carboxylic acids is 4. The SMILES string of the molecule is CC(=O)O[C@@H]1[C@@H](OC(=O)c2ccccc2)[C@H](OC(=O)c2ccccc2)[C@@H](COC(=O)c2ccccc2)O[C@H]1O. The van der Waals surface area contributed by atoms with Gasteiger partial charge in [0.25, 0.3) is 0 Å². The molecule has 0 saturated carbocycles. The lowest BCUT2D eigenvalue weighted by atomic mass is 9.98. The quantitative estimate of drug-likeness (QED) is 0.339. The molecular weight excluding hydrogens is 508 g/mol. The smallest absolute Gasteiger partial charge is 0.338 e. The number of aliphatic hydroxyl groups is 1. The maximum absolute atomic E-state index is 13.0. The Bertz CT molecular complexity index is 1280. The second kappa shape index (κ2) is 12.8. The lowest BCUT2D eigenvalue weighted by Crippen LogP contribution is -2.62. The first-order valence-corrected chi connectivity index (χ1v) is 12.1. The number of carbonyl (C=O) groups is 4. The number of esters is 4. The van der Waals surface area contributed by atoms with Crippen LogP contribution in [0.1, 0.15) is 38.0 Å². The molecule has 4 rings (SSSR count). The number of rotatable bonds is 8. The molecule has 0 spiro atoms. The van der Waals surface area contributed by atoms with Crippen molar-refractivity contribution in [3.63, 3.8) is 0 Å². The molecule has 202 valence electrons. The second-order valence-electron chi connectivity index (χ2n) is 8.58. The summed E-state index contributed by atoms with van der Waals surface area (Å²) in [5, 5.41) is 10.7. The Hall–Kier alpha value is -4.54. The Kier molecular flexibility index (Phi) is 9.03. The zero-order valence-electron chi connectivity index (χ0n) is 20.9. The van der Waals surface area contributed by atoms with Crippen LogP contribution in [0.5, 0.6) is 0 Å². The third-order valence-corrected chi connectivity index (χ3v) is 5.80. The fraction of sp³-hybridized carbons (Fsp3) is 0.241. The summed E-state index contributed by atoms with van der Waals surface area (Å²) in [6, 6.07) is 24.1. The van der Waals surface area contributed by atoms with Gasteiger partial charge in [0.05, 0.1) is 16.7 Å². The van der Waals surface area contributed by atoms with Crippen LogP contribution < -0.4 is 0 Å². The molecule has 10 heteroatoms. The van der Waals surface area contributed by atoms with E-state index in [0.717, 1.165) is 6.92 Å². The Morgan fingerprint density at radius 1 is 0.641 bits per heavy atom. The van der Waals surface area contributed by atoms with Crippen LogP contribution in [0.15, 0.2) is 91.0 Å². The van der Waals surface area contributed by atoms with Crippen LogP contribution in [-0.4, -0.2) is 66.3 Å². The first-order valence-electron chi connectivity index (χ1n) is 12.1. The van der Waals surface area contributed by atoms with E-state index >= 15 is 0 Å². The predicted molar refractivity (Wildman–Crippen MR) is 134 cm³/mol. The molecule has 0 aromatic heterocycles. The van der Waals surface area contributed by atoms with E-state index in [1.165, 1.54) is 24.3 Å². The van der Waals surface area contributed by atoms with Gasteiger partial charge in [-0.05, 0) is 36.4 Å². The molecule has 5 atom stereocenters. The van der Waals surface area contributed by atoms with Gasteiger partial charge in [0.2, 0.25) is 0 Å². The molecule has 39 heavy (non-hydrogen) atoms. The highest BCUT2D eigenvalue weighted by Crippen LogP contribution is 2.29. The average molecular weight is 535 g/mol. The van der Waals surface area contributed by atoms with Crippen molar-refractivity contribution >= 4 is 23.9 Å². The van der Waals surface area contributed by atoms with Crippen molar-refractivity contribution in [3.05, 3.63) is 108 Å². The number of aliphatic hydroxyl groups excluding tert-OH is 1. The van der Waals surface area contributed by atoms with Gasteiger partial charge in [0, 0.05) is 6.92 Å². The molecule has 3 aromatic rings. The Labute approximate surface area is 224 Å². The van der Waals surface area contributed by atoms with Crippen molar-refractivity contribution in [2.75, 3.05) is 6.61 Å². The van der Waals surface area contributed by atoms with E-state index in [1.54, 1.807) is 66.7 Å². The molecule has 1 N–H and O–H groups in total. The lowest BCUT2D eigenvalue weighted by Gasteiger charge is -2.42. The normalized spacial score (nSPS) is 22.3. The number of hydrogen-bond donors (Lipinski definition) is 1. The molecule has 0 amide bonds. The van der Waals surface area contributed by atoms with Crippen LogP contribution in [0.4, 0.5) is 0 Å². The van der Waals surface area contributed by atoms with Gasteiger partial charge in [-0.15, -0.1) is 0 Å². The molecule has 1 aliphatic heterocycles.